The van der Waals surface area contributed by atoms with Gasteiger partial charge in [0, 0.05) is 24.6 Å². The van der Waals surface area contributed by atoms with Gasteiger partial charge in [0.25, 0.3) is 11.8 Å². The number of nitrogens with zero attached hydrogens (tertiary/aromatic N) is 3. The molecule has 28 heavy (non-hydrogen) atoms. The number of carbonyl (C=O) groups excluding carboxylic acids is 1. The third-order valence-corrected chi connectivity index (χ3v) is 5.08. The SMILES string of the molecule is O=C(c1cc(F)ccc1Cl)N1CCCC(c2noc(-c3cccc(F)c3)n2)C1. The zero-order valence-electron chi connectivity index (χ0n) is 14.7. The minimum absolute atomic E-state index is 0.129. The van der Waals surface area contributed by atoms with Crippen LogP contribution in [0.3, 0.4) is 0 Å². The van der Waals surface area contributed by atoms with Crippen LogP contribution in [0, 0.1) is 11.6 Å². The van der Waals surface area contributed by atoms with Crippen molar-refractivity contribution in [2.24, 2.45) is 0 Å². The summed E-state index contributed by atoms with van der Waals surface area (Å²) in [7, 11) is 0. The van der Waals surface area contributed by atoms with E-state index in [0.29, 0.717) is 24.5 Å². The number of halogens is 3. The van der Waals surface area contributed by atoms with Crippen LogP contribution >= 0.6 is 11.6 Å². The molecule has 1 aliphatic rings. The first kappa shape index (κ1) is 18.6. The lowest BCUT2D eigenvalue weighted by Gasteiger charge is -2.31. The predicted molar refractivity (Wildman–Crippen MR) is 99.0 cm³/mol. The van der Waals surface area contributed by atoms with Gasteiger partial charge in [0.15, 0.2) is 5.82 Å². The zero-order chi connectivity index (χ0) is 19.7. The van der Waals surface area contributed by atoms with E-state index in [4.69, 9.17) is 16.1 Å². The Labute approximate surface area is 164 Å². The number of carbonyl (C=O) groups is 1. The highest BCUT2D eigenvalue weighted by atomic mass is 35.5. The number of piperidine rings is 1. The van der Waals surface area contributed by atoms with Crippen LogP contribution in [-0.2, 0) is 0 Å². The largest absolute Gasteiger partial charge is 0.338 e. The molecule has 2 aromatic carbocycles. The molecule has 0 spiro atoms. The van der Waals surface area contributed by atoms with Gasteiger partial charge in [-0.1, -0.05) is 22.8 Å². The number of hydrogen-bond donors (Lipinski definition) is 0. The maximum Gasteiger partial charge on any atom is 0.258 e. The number of hydrogen-bond acceptors (Lipinski definition) is 4. The topological polar surface area (TPSA) is 59.2 Å². The second kappa shape index (κ2) is 7.67. The lowest BCUT2D eigenvalue weighted by atomic mass is 9.96. The summed E-state index contributed by atoms with van der Waals surface area (Å²) >= 11 is 6.06. The number of rotatable bonds is 3. The normalized spacial score (nSPS) is 17.0. The molecule has 1 aliphatic heterocycles. The average molecular weight is 404 g/mol. The van der Waals surface area contributed by atoms with Crippen molar-refractivity contribution >= 4 is 17.5 Å². The van der Waals surface area contributed by atoms with E-state index in [1.165, 1.54) is 24.3 Å². The van der Waals surface area contributed by atoms with E-state index in [1.807, 2.05) is 0 Å². The smallest absolute Gasteiger partial charge is 0.258 e. The molecule has 8 heteroatoms. The van der Waals surface area contributed by atoms with Crippen molar-refractivity contribution in [3.8, 4) is 11.5 Å². The molecule has 0 bridgehead atoms. The maximum atomic E-state index is 13.5. The zero-order valence-corrected chi connectivity index (χ0v) is 15.5. The number of aromatic nitrogens is 2. The molecule has 1 atom stereocenters. The molecule has 4 rings (SSSR count). The second-order valence-corrected chi connectivity index (χ2v) is 7.09. The van der Waals surface area contributed by atoms with Gasteiger partial charge >= 0.3 is 0 Å². The minimum atomic E-state index is -0.515. The number of amides is 1. The van der Waals surface area contributed by atoms with E-state index < -0.39 is 11.6 Å². The lowest BCUT2D eigenvalue weighted by molar-refractivity contribution is 0.0703. The number of likely N-dealkylation sites (tertiary alicyclic amines) is 1. The fourth-order valence-corrected chi connectivity index (χ4v) is 3.54. The van der Waals surface area contributed by atoms with Gasteiger partial charge in [0.1, 0.15) is 11.6 Å². The van der Waals surface area contributed by atoms with Gasteiger partial charge in [-0.05, 0) is 49.2 Å². The van der Waals surface area contributed by atoms with Crippen molar-refractivity contribution in [1.29, 1.82) is 0 Å². The van der Waals surface area contributed by atoms with Gasteiger partial charge in [-0.2, -0.15) is 4.98 Å². The molecule has 1 saturated heterocycles. The van der Waals surface area contributed by atoms with Crippen molar-refractivity contribution < 1.29 is 18.1 Å². The first-order chi connectivity index (χ1) is 13.5. The second-order valence-electron chi connectivity index (χ2n) is 6.68. The van der Waals surface area contributed by atoms with Crippen LogP contribution < -0.4 is 0 Å². The Balaban J connectivity index is 1.53. The standard InChI is InChI=1S/C20H16ClF2N3O2/c21-17-7-6-15(23)10-16(17)20(27)26-8-2-4-13(11-26)18-24-19(28-25-18)12-3-1-5-14(22)9-12/h1,3,5-7,9-10,13H,2,4,8,11H2. The Morgan fingerprint density at radius 3 is 2.82 bits per heavy atom. The first-order valence-corrected chi connectivity index (χ1v) is 9.23. The summed E-state index contributed by atoms with van der Waals surface area (Å²) in [5, 5.41) is 4.22. The molecule has 3 aromatic rings. The Morgan fingerprint density at radius 1 is 1.18 bits per heavy atom. The summed E-state index contributed by atoms with van der Waals surface area (Å²) in [5.74, 6) is -0.676. The number of benzene rings is 2. The van der Waals surface area contributed by atoms with Gasteiger partial charge < -0.3 is 9.42 Å². The van der Waals surface area contributed by atoms with Gasteiger partial charge in [0.2, 0.25) is 0 Å². The Bertz CT molecular complexity index is 1020. The van der Waals surface area contributed by atoms with Crippen LogP contribution in [0.25, 0.3) is 11.5 Å². The summed E-state index contributed by atoms with van der Waals surface area (Å²) in [6.07, 6.45) is 1.52. The lowest BCUT2D eigenvalue weighted by Crippen LogP contribution is -2.39. The Morgan fingerprint density at radius 2 is 2.00 bits per heavy atom. The maximum absolute atomic E-state index is 13.5. The van der Waals surface area contributed by atoms with Crippen LogP contribution in [-0.4, -0.2) is 34.0 Å². The molecule has 1 aromatic heterocycles. The van der Waals surface area contributed by atoms with E-state index in [1.54, 1.807) is 17.0 Å². The van der Waals surface area contributed by atoms with Crippen molar-refractivity contribution in [3.63, 3.8) is 0 Å². The molecular formula is C20H16ClF2N3O2. The molecule has 1 amide bonds. The summed E-state index contributed by atoms with van der Waals surface area (Å²) in [4.78, 5) is 18.8. The van der Waals surface area contributed by atoms with E-state index in [2.05, 4.69) is 10.1 Å². The molecule has 1 fully saturated rings. The fraction of sp³-hybridized carbons (Fsp3) is 0.250. The monoisotopic (exact) mass is 403 g/mol. The first-order valence-electron chi connectivity index (χ1n) is 8.85. The van der Waals surface area contributed by atoms with Crippen LogP contribution in [0.4, 0.5) is 8.78 Å². The van der Waals surface area contributed by atoms with Gasteiger partial charge in [0.05, 0.1) is 10.6 Å². The molecule has 0 aliphatic carbocycles. The Hall–Kier alpha value is -2.80. The Kier molecular flexibility index (Phi) is 5.09. The highest BCUT2D eigenvalue weighted by Crippen LogP contribution is 2.29. The summed E-state index contributed by atoms with van der Waals surface area (Å²) in [5.41, 5.74) is 0.630. The van der Waals surface area contributed by atoms with Crippen LogP contribution in [0.1, 0.15) is 34.9 Å². The third-order valence-electron chi connectivity index (χ3n) is 4.75. The van der Waals surface area contributed by atoms with E-state index in [9.17, 15) is 13.6 Å². The van der Waals surface area contributed by atoms with Crippen molar-refractivity contribution in [1.82, 2.24) is 15.0 Å². The van der Waals surface area contributed by atoms with Crippen LogP contribution in [0.5, 0.6) is 0 Å². The molecule has 0 N–H and O–H groups in total. The molecule has 1 unspecified atom stereocenters. The van der Waals surface area contributed by atoms with E-state index >= 15 is 0 Å². The van der Waals surface area contributed by atoms with Crippen LogP contribution in [0.15, 0.2) is 47.0 Å². The predicted octanol–water partition coefficient (Wildman–Crippen LogP) is 4.69. The molecule has 0 radical (unpaired) electrons. The highest BCUT2D eigenvalue weighted by Gasteiger charge is 2.29. The quantitative estimate of drug-likeness (QED) is 0.636. The molecule has 144 valence electrons. The summed E-state index contributed by atoms with van der Waals surface area (Å²) in [6, 6.07) is 9.64. The summed E-state index contributed by atoms with van der Waals surface area (Å²) < 4.78 is 32.2. The molecule has 2 heterocycles. The molecule has 0 saturated carbocycles. The molecular weight excluding hydrogens is 388 g/mol. The van der Waals surface area contributed by atoms with Crippen molar-refractivity contribution in [2.45, 2.75) is 18.8 Å². The van der Waals surface area contributed by atoms with E-state index in [-0.39, 0.29) is 28.3 Å². The van der Waals surface area contributed by atoms with Gasteiger partial charge in [-0.25, -0.2) is 8.78 Å². The fourth-order valence-electron chi connectivity index (χ4n) is 3.34. The van der Waals surface area contributed by atoms with Gasteiger partial charge in [-0.3, -0.25) is 4.79 Å². The van der Waals surface area contributed by atoms with E-state index in [0.717, 1.165) is 18.9 Å². The van der Waals surface area contributed by atoms with Crippen molar-refractivity contribution in [2.75, 3.05) is 13.1 Å². The van der Waals surface area contributed by atoms with Crippen molar-refractivity contribution in [3.05, 3.63) is 70.5 Å². The minimum Gasteiger partial charge on any atom is -0.338 e. The third kappa shape index (κ3) is 3.75. The summed E-state index contributed by atoms with van der Waals surface area (Å²) in [6.45, 7) is 0.907. The highest BCUT2D eigenvalue weighted by molar-refractivity contribution is 6.33. The average Bonchev–Trinajstić information content (AvgIpc) is 3.20. The van der Waals surface area contributed by atoms with Gasteiger partial charge in [-0.15, -0.1) is 0 Å². The van der Waals surface area contributed by atoms with Crippen LogP contribution in [0.2, 0.25) is 5.02 Å². The molecule has 5 nitrogen and oxygen atoms in total.